The molecule has 0 radical (unpaired) electrons. The average Bonchev–Trinajstić information content (AvgIpc) is 3.25. The summed E-state index contributed by atoms with van der Waals surface area (Å²) in [6.07, 6.45) is 1.42. The van der Waals surface area contributed by atoms with Crippen LogP contribution < -0.4 is 28.6 Å². The molecule has 0 saturated heterocycles. The van der Waals surface area contributed by atoms with Crippen LogP contribution in [0.2, 0.25) is 0 Å². The van der Waals surface area contributed by atoms with E-state index in [4.69, 9.17) is 23.7 Å². The lowest BCUT2D eigenvalue weighted by molar-refractivity contribution is -0.913. The molecule has 2 atom stereocenters. The van der Waals surface area contributed by atoms with Gasteiger partial charge in [0.15, 0.2) is 23.0 Å². The van der Waals surface area contributed by atoms with E-state index in [0.29, 0.717) is 35.1 Å². The van der Waals surface area contributed by atoms with Gasteiger partial charge in [-0.3, -0.25) is 0 Å². The van der Waals surface area contributed by atoms with Crippen molar-refractivity contribution >= 4 is 5.71 Å². The molecule has 0 spiro atoms. The van der Waals surface area contributed by atoms with E-state index < -0.39 is 0 Å². The number of hydrogen-bond acceptors (Lipinski definition) is 7. The molecule has 8 nitrogen and oxygen atoms in total. The maximum atomic E-state index is 9.85. The van der Waals surface area contributed by atoms with Crippen LogP contribution >= 0.6 is 0 Å². The number of ether oxygens (including phenoxy) is 5. The van der Waals surface area contributed by atoms with Gasteiger partial charge in [0, 0.05) is 12.0 Å². The average molecular weight is 415 g/mol. The number of rotatable bonds is 6. The third-order valence-corrected chi connectivity index (χ3v) is 5.91. The van der Waals surface area contributed by atoms with E-state index in [9.17, 15) is 5.21 Å². The van der Waals surface area contributed by atoms with Crippen LogP contribution in [0.1, 0.15) is 29.2 Å². The largest absolute Gasteiger partial charge is 0.493 e. The third kappa shape index (κ3) is 3.37. The summed E-state index contributed by atoms with van der Waals surface area (Å²) in [4.78, 5) is 1.31. The number of likely N-dealkylation sites (N-methyl/N-ethyl adjacent to an activating group) is 1. The molecule has 2 heterocycles. The first-order chi connectivity index (χ1) is 14.6. The van der Waals surface area contributed by atoms with Gasteiger partial charge in [-0.25, -0.2) is 0 Å². The molecule has 0 saturated carbocycles. The molecule has 2 aliphatic heterocycles. The van der Waals surface area contributed by atoms with Gasteiger partial charge in [0.05, 0.1) is 52.6 Å². The lowest BCUT2D eigenvalue weighted by Crippen LogP contribution is -3.10. The normalized spacial score (nSPS) is 19.9. The Morgan fingerprint density at radius 1 is 1.13 bits per heavy atom. The zero-order valence-electron chi connectivity index (χ0n) is 17.7. The fraction of sp³-hybridized carbons (Fsp3) is 0.409. The summed E-state index contributed by atoms with van der Waals surface area (Å²) in [6, 6.07) is 7.57. The fourth-order valence-electron chi connectivity index (χ4n) is 4.32. The van der Waals surface area contributed by atoms with Crippen molar-refractivity contribution in [2.45, 2.75) is 18.9 Å². The van der Waals surface area contributed by atoms with Gasteiger partial charge in [0.25, 0.3) is 0 Å². The number of benzene rings is 2. The van der Waals surface area contributed by atoms with Gasteiger partial charge in [0.1, 0.15) is 6.04 Å². The second-order valence-electron chi connectivity index (χ2n) is 7.44. The molecule has 0 fully saturated rings. The molecular formula is C22H27N2O6+. The Balaban J connectivity index is 1.73. The molecule has 0 aliphatic carbocycles. The van der Waals surface area contributed by atoms with E-state index in [2.05, 4.69) is 12.2 Å². The number of hydrogen-bond donors (Lipinski definition) is 2. The van der Waals surface area contributed by atoms with Crippen molar-refractivity contribution in [3.63, 3.8) is 0 Å². The summed E-state index contributed by atoms with van der Waals surface area (Å²) in [5, 5.41) is 13.5. The topological polar surface area (TPSA) is 83.2 Å². The van der Waals surface area contributed by atoms with Gasteiger partial charge in [-0.1, -0.05) is 5.16 Å². The molecule has 1 unspecified atom stereocenters. The van der Waals surface area contributed by atoms with Crippen molar-refractivity contribution in [3.05, 3.63) is 41.0 Å². The minimum atomic E-state index is 0.0252. The molecule has 0 bridgehead atoms. The van der Waals surface area contributed by atoms with E-state index in [1.807, 2.05) is 24.3 Å². The van der Waals surface area contributed by atoms with Crippen LogP contribution in [-0.2, 0) is 6.42 Å². The van der Waals surface area contributed by atoms with E-state index in [0.717, 1.165) is 29.8 Å². The Bertz CT molecular complexity index is 975. The van der Waals surface area contributed by atoms with Gasteiger partial charge in [-0.2, -0.15) is 0 Å². The van der Waals surface area contributed by atoms with Crippen LogP contribution in [0.5, 0.6) is 28.7 Å². The van der Waals surface area contributed by atoms with Gasteiger partial charge in [-0.15, -0.1) is 0 Å². The molecule has 2 aromatic carbocycles. The molecule has 2 N–H and O–H groups in total. The molecule has 160 valence electrons. The predicted molar refractivity (Wildman–Crippen MR) is 110 cm³/mol. The van der Waals surface area contributed by atoms with E-state index in [1.54, 1.807) is 21.3 Å². The van der Waals surface area contributed by atoms with Crippen molar-refractivity contribution in [2.75, 3.05) is 41.7 Å². The minimum Gasteiger partial charge on any atom is -0.493 e. The molecular weight excluding hydrogens is 388 g/mol. The summed E-state index contributed by atoms with van der Waals surface area (Å²) >= 11 is 0. The maximum Gasteiger partial charge on any atom is 0.231 e. The van der Waals surface area contributed by atoms with Crippen molar-refractivity contribution in [2.24, 2.45) is 5.16 Å². The SMILES string of the molecule is COc1ccc(/C(C[C@@H]2c3c(cc4c(c3OC)OCO4)CC[NH+]2C)=N/O)cc1OC. The fourth-order valence-corrected chi connectivity index (χ4v) is 4.32. The number of oxime groups is 1. The summed E-state index contributed by atoms with van der Waals surface area (Å²) in [5.41, 5.74) is 3.59. The van der Waals surface area contributed by atoms with Crippen LogP contribution in [0.3, 0.4) is 0 Å². The quantitative estimate of drug-likeness (QED) is 0.426. The number of methoxy groups -OCH3 is 3. The lowest BCUT2D eigenvalue weighted by Gasteiger charge is -2.33. The molecule has 0 aromatic heterocycles. The van der Waals surface area contributed by atoms with E-state index in [1.165, 1.54) is 10.5 Å². The first-order valence-electron chi connectivity index (χ1n) is 9.86. The van der Waals surface area contributed by atoms with Crippen molar-refractivity contribution in [1.82, 2.24) is 0 Å². The smallest absolute Gasteiger partial charge is 0.231 e. The Kier molecular flexibility index (Phi) is 5.59. The Morgan fingerprint density at radius 2 is 1.93 bits per heavy atom. The van der Waals surface area contributed by atoms with Crippen molar-refractivity contribution in [1.29, 1.82) is 0 Å². The zero-order valence-corrected chi connectivity index (χ0v) is 17.7. The zero-order chi connectivity index (χ0) is 21.3. The maximum absolute atomic E-state index is 9.85. The van der Waals surface area contributed by atoms with E-state index in [-0.39, 0.29) is 12.8 Å². The number of fused-ring (bicyclic) bond motifs is 2. The first kappa shape index (κ1) is 20.2. The van der Waals surface area contributed by atoms with Crippen LogP contribution in [0, 0.1) is 0 Å². The van der Waals surface area contributed by atoms with Crippen LogP contribution in [0.25, 0.3) is 0 Å². The number of quaternary nitrogens is 1. The summed E-state index contributed by atoms with van der Waals surface area (Å²) in [6.45, 7) is 1.14. The van der Waals surface area contributed by atoms with Crippen molar-refractivity contribution in [3.8, 4) is 28.7 Å². The molecule has 4 rings (SSSR count). The molecule has 30 heavy (non-hydrogen) atoms. The van der Waals surface area contributed by atoms with Gasteiger partial charge < -0.3 is 33.8 Å². The Hall–Kier alpha value is -3.13. The molecule has 8 heteroatoms. The summed E-state index contributed by atoms with van der Waals surface area (Å²) < 4.78 is 27.8. The number of nitrogens with zero attached hydrogens (tertiary/aromatic N) is 1. The summed E-state index contributed by atoms with van der Waals surface area (Å²) in [5.74, 6) is 3.28. The second-order valence-corrected chi connectivity index (χ2v) is 7.44. The Morgan fingerprint density at radius 3 is 2.63 bits per heavy atom. The highest BCUT2D eigenvalue weighted by molar-refractivity contribution is 6.01. The Labute approximate surface area is 175 Å². The molecule has 2 aromatic rings. The van der Waals surface area contributed by atoms with Crippen LogP contribution in [-0.4, -0.2) is 52.6 Å². The highest BCUT2D eigenvalue weighted by atomic mass is 16.7. The molecule has 0 amide bonds. The van der Waals surface area contributed by atoms with Crippen LogP contribution in [0.15, 0.2) is 29.4 Å². The first-order valence-corrected chi connectivity index (χ1v) is 9.86. The highest BCUT2D eigenvalue weighted by Crippen LogP contribution is 2.48. The predicted octanol–water partition coefficient (Wildman–Crippen LogP) is 1.82. The standard InChI is InChI=1S/C22H26N2O6/c1-24-8-7-14-10-19-21(30-12-29-19)22(28-4)20(14)16(24)11-15(23-25)13-5-6-17(26-2)18(9-13)27-3/h5-6,9-10,16,25H,7-8,11-12H2,1-4H3/p+1/b23-15+/t16-/m1/s1. The van der Waals surface area contributed by atoms with Crippen molar-refractivity contribution < 1.29 is 33.8 Å². The highest BCUT2D eigenvalue weighted by Gasteiger charge is 2.37. The lowest BCUT2D eigenvalue weighted by atomic mass is 9.87. The summed E-state index contributed by atoms with van der Waals surface area (Å²) in [7, 11) is 6.96. The number of nitrogens with one attached hydrogen (secondary N) is 1. The molecule has 2 aliphatic rings. The van der Waals surface area contributed by atoms with Crippen LogP contribution in [0.4, 0.5) is 0 Å². The third-order valence-electron chi connectivity index (χ3n) is 5.91. The second kappa shape index (κ2) is 8.31. The minimum absolute atomic E-state index is 0.0252. The van der Waals surface area contributed by atoms with E-state index >= 15 is 0 Å². The monoisotopic (exact) mass is 415 g/mol. The van der Waals surface area contributed by atoms with Gasteiger partial charge in [0.2, 0.25) is 12.5 Å². The van der Waals surface area contributed by atoms with Gasteiger partial charge >= 0.3 is 0 Å². The van der Waals surface area contributed by atoms with Gasteiger partial charge in [-0.05, 0) is 29.8 Å².